The third-order valence-electron chi connectivity index (χ3n) is 3.23. The largest absolute Gasteiger partial charge is 0.378 e. The molecule has 0 unspecified atom stereocenters. The minimum atomic E-state index is 0.220. The molecule has 1 aromatic rings. The number of amides is 1. The normalized spacial score (nSPS) is 15.7. The van der Waals surface area contributed by atoms with Crippen LogP contribution in [0.4, 0.5) is 0 Å². The maximum Gasteiger partial charge on any atom is 0.224 e. The van der Waals surface area contributed by atoms with Crippen molar-refractivity contribution in [3.8, 4) is 0 Å². The number of nitrogens with one attached hydrogen (secondary N) is 1. The Kier molecular flexibility index (Phi) is 5.35. The molecule has 6 nitrogen and oxygen atoms in total. The highest BCUT2D eigenvalue weighted by Crippen LogP contribution is 2.00. The molecule has 0 spiro atoms. The molecule has 0 aliphatic carbocycles. The summed E-state index contributed by atoms with van der Waals surface area (Å²) in [6.45, 7) is 4.40. The van der Waals surface area contributed by atoms with Crippen LogP contribution >= 0.6 is 0 Å². The van der Waals surface area contributed by atoms with Crippen molar-refractivity contribution in [2.75, 3.05) is 39.4 Å². The SMILES string of the molecule is Cn1cc(CCNCCC(=O)N2CCOCC2)cn1. The van der Waals surface area contributed by atoms with E-state index in [0.29, 0.717) is 19.6 Å². The zero-order valence-corrected chi connectivity index (χ0v) is 11.5. The minimum absolute atomic E-state index is 0.220. The highest BCUT2D eigenvalue weighted by atomic mass is 16.5. The number of hydrogen-bond donors (Lipinski definition) is 1. The highest BCUT2D eigenvalue weighted by Gasteiger charge is 2.15. The number of aryl methyl sites for hydroxylation is 1. The molecule has 0 saturated carbocycles. The summed E-state index contributed by atoms with van der Waals surface area (Å²) in [5, 5.41) is 7.42. The Labute approximate surface area is 113 Å². The van der Waals surface area contributed by atoms with Gasteiger partial charge in [-0.05, 0) is 18.5 Å². The number of carbonyl (C=O) groups excluding carboxylic acids is 1. The number of rotatable bonds is 6. The van der Waals surface area contributed by atoms with Crippen LogP contribution in [0.1, 0.15) is 12.0 Å². The van der Waals surface area contributed by atoms with Gasteiger partial charge in [-0.3, -0.25) is 9.48 Å². The van der Waals surface area contributed by atoms with Crippen LogP contribution in [0.2, 0.25) is 0 Å². The Morgan fingerprint density at radius 3 is 2.89 bits per heavy atom. The van der Waals surface area contributed by atoms with Gasteiger partial charge in [0, 0.05) is 39.3 Å². The van der Waals surface area contributed by atoms with Crippen molar-refractivity contribution in [1.82, 2.24) is 20.0 Å². The van der Waals surface area contributed by atoms with Gasteiger partial charge >= 0.3 is 0 Å². The van der Waals surface area contributed by atoms with Crippen molar-refractivity contribution >= 4 is 5.91 Å². The van der Waals surface area contributed by atoms with E-state index in [4.69, 9.17) is 4.74 Å². The van der Waals surface area contributed by atoms with Crippen LogP contribution in [0, 0.1) is 0 Å². The molecule has 106 valence electrons. The first-order chi connectivity index (χ1) is 9.25. The molecule has 2 rings (SSSR count). The molecule has 0 radical (unpaired) electrons. The fourth-order valence-corrected chi connectivity index (χ4v) is 2.12. The Morgan fingerprint density at radius 2 is 2.21 bits per heavy atom. The van der Waals surface area contributed by atoms with Crippen molar-refractivity contribution in [3.05, 3.63) is 18.0 Å². The predicted molar refractivity (Wildman–Crippen MR) is 71.8 cm³/mol. The number of morpholine rings is 1. The smallest absolute Gasteiger partial charge is 0.224 e. The van der Waals surface area contributed by atoms with E-state index in [9.17, 15) is 4.79 Å². The number of carbonyl (C=O) groups is 1. The molecule has 6 heteroatoms. The topological polar surface area (TPSA) is 59.4 Å². The summed E-state index contributed by atoms with van der Waals surface area (Å²) in [5.74, 6) is 0.220. The lowest BCUT2D eigenvalue weighted by molar-refractivity contribution is -0.135. The van der Waals surface area contributed by atoms with Gasteiger partial charge in [-0.1, -0.05) is 0 Å². The molecular weight excluding hydrogens is 244 g/mol. The van der Waals surface area contributed by atoms with Gasteiger partial charge < -0.3 is 15.0 Å². The zero-order valence-electron chi connectivity index (χ0n) is 11.5. The Balaban J connectivity index is 1.55. The Hall–Kier alpha value is -1.40. The van der Waals surface area contributed by atoms with Crippen molar-refractivity contribution in [2.24, 2.45) is 7.05 Å². The summed E-state index contributed by atoms with van der Waals surface area (Å²) in [6, 6.07) is 0. The van der Waals surface area contributed by atoms with Gasteiger partial charge in [0.15, 0.2) is 0 Å². The lowest BCUT2D eigenvalue weighted by Gasteiger charge is -2.26. The maximum absolute atomic E-state index is 11.9. The Morgan fingerprint density at radius 1 is 1.42 bits per heavy atom. The van der Waals surface area contributed by atoms with Gasteiger partial charge in [0.1, 0.15) is 0 Å². The van der Waals surface area contributed by atoms with Gasteiger partial charge in [-0.25, -0.2) is 0 Å². The van der Waals surface area contributed by atoms with Crippen molar-refractivity contribution < 1.29 is 9.53 Å². The lowest BCUT2D eigenvalue weighted by atomic mass is 10.2. The average Bonchev–Trinajstić information content (AvgIpc) is 2.85. The maximum atomic E-state index is 11.9. The van der Waals surface area contributed by atoms with Crippen LogP contribution in [-0.2, 0) is 23.0 Å². The number of aromatic nitrogens is 2. The second-order valence-corrected chi connectivity index (χ2v) is 4.77. The number of nitrogens with zero attached hydrogens (tertiary/aromatic N) is 3. The molecule has 1 saturated heterocycles. The van der Waals surface area contributed by atoms with E-state index in [0.717, 1.165) is 32.6 Å². The van der Waals surface area contributed by atoms with Gasteiger partial charge in [0.05, 0.1) is 19.4 Å². The molecule has 2 heterocycles. The van der Waals surface area contributed by atoms with Crippen molar-refractivity contribution in [1.29, 1.82) is 0 Å². The van der Waals surface area contributed by atoms with E-state index in [2.05, 4.69) is 10.4 Å². The van der Waals surface area contributed by atoms with Crippen LogP contribution in [0.15, 0.2) is 12.4 Å². The molecule has 1 aliphatic heterocycles. The van der Waals surface area contributed by atoms with Gasteiger partial charge in [-0.15, -0.1) is 0 Å². The van der Waals surface area contributed by atoms with E-state index in [1.165, 1.54) is 5.56 Å². The molecule has 0 aromatic carbocycles. The highest BCUT2D eigenvalue weighted by molar-refractivity contribution is 5.76. The molecule has 1 fully saturated rings. The quantitative estimate of drug-likeness (QED) is 0.725. The standard InChI is InChI=1S/C13H22N4O2/c1-16-11-12(10-15-16)2-4-14-5-3-13(18)17-6-8-19-9-7-17/h10-11,14H,2-9H2,1H3. The van der Waals surface area contributed by atoms with Crippen molar-refractivity contribution in [3.63, 3.8) is 0 Å². The van der Waals surface area contributed by atoms with Gasteiger partial charge in [0.2, 0.25) is 5.91 Å². The molecule has 19 heavy (non-hydrogen) atoms. The summed E-state index contributed by atoms with van der Waals surface area (Å²) >= 11 is 0. The first kappa shape index (κ1) is 14.0. The molecule has 1 aromatic heterocycles. The lowest BCUT2D eigenvalue weighted by Crippen LogP contribution is -2.41. The van der Waals surface area contributed by atoms with Crippen molar-refractivity contribution in [2.45, 2.75) is 12.8 Å². The zero-order chi connectivity index (χ0) is 13.5. The first-order valence-electron chi connectivity index (χ1n) is 6.79. The molecule has 1 aliphatic rings. The van der Waals surface area contributed by atoms with E-state index >= 15 is 0 Å². The summed E-state index contributed by atoms with van der Waals surface area (Å²) in [5.41, 5.74) is 1.22. The molecule has 1 amide bonds. The van der Waals surface area contributed by atoms with E-state index in [-0.39, 0.29) is 5.91 Å². The molecule has 0 bridgehead atoms. The van der Waals surface area contributed by atoms with E-state index < -0.39 is 0 Å². The first-order valence-corrected chi connectivity index (χ1v) is 6.79. The molecular formula is C13H22N4O2. The summed E-state index contributed by atoms with van der Waals surface area (Å²) < 4.78 is 7.03. The van der Waals surface area contributed by atoms with Crippen LogP contribution in [0.3, 0.4) is 0 Å². The van der Waals surface area contributed by atoms with E-state index in [1.807, 2.05) is 24.3 Å². The van der Waals surface area contributed by atoms with Crippen LogP contribution < -0.4 is 5.32 Å². The van der Waals surface area contributed by atoms with E-state index in [1.54, 1.807) is 4.68 Å². The van der Waals surface area contributed by atoms with Gasteiger partial charge in [-0.2, -0.15) is 5.10 Å². The molecule has 1 N–H and O–H groups in total. The Bertz CT molecular complexity index is 399. The average molecular weight is 266 g/mol. The van der Waals surface area contributed by atoms with Gasteiger partial charge in [0.25, 0.3) is 0 Å². The third-order valence-corrected chi connectivity index (χ3v) is 3.23. The summed E-state index contributed by atoms with van der Waals surface area (Å²) in [7, 11) is 1.91. The fraction of sp³-hybridized carbons (Fsp3) is 0.692. The fourth-order valence-electron chi connectivity index (χ4n) is 2.12. The number of ether oxygens (including phenoxy) is 1. The van der Waals surface area contributed by atoms with Crippen LogP contribution in [-0.4, -0.2) is 60.0 Å². The van der Waals surface area contributed by atoms with Crippen LogP contribution in [0.25, 0.3) is 0 Å². The minimum Gasteiger partial charge on any atom is -0.378 e. The second-order valence-electron chi connectivity index (χ2n) is 4.77. The summed E-state index contributed by atoms with van der Waals surface area (Å²) in [6.07, 6.45) is 5.40. The molecule has 0 atom stereocenters. The second kappa shape index (κ2) is 7.25. The monoisotopic (exact) mass is 266 g/mol. The summed E-state index contributed by atoms with van der Waals surface area (Å²) in [4.78, 5) is 13.7. The van der Waals surface area contributed by atoms with Crippen LogP contribution in [0.5, 0.6) is 0 Å². The number of hydrogen-bond acceptors (Lipinski definition) is 4. The predicted octanol–water partition coefficient (Wildman–Crippen LogP) is -0.199. The third kappa shape index (κ3) is 4.65.